The first-order valence-electron chi connectivity index (χ1n) is 7.51. The van der Waals surface area contributed by atoms with Crippen molar-refractivity contribution in [2.45, 2.75) is 25.3 Å². The average Bonchev–Trinajstić information content (AvgIpc) is 2.48. The highest BCUT2D eigenvalue weighted by molar-refractivity contribution is 5.28. The monoisotopic (exact) mass is 278 g/mol. The predicted octanol–water partition coefficient (Wildman–Crippen LogP) is 1.28. The molecule has 20 heavy (non-hydrogen) atoms. The lowest BCUT2D eigenvalue weighted by atomic mass is 10.1. The van der Waals surface area contributed by atoms with Crippen LogP contribution in [0.25, 0.3) is 0 Å². The molecule has 0 aromatic heterocycles. The smallest absolute Gasteiger partial charge is 0.119 e. The summed E-state index contributed by atoms with van der Waals surface area (Å²) >= 11 is 0. The number of benzene rings is 1. The molecule has 1 fully saturated rings. The van der Waals surface area contributed by atoms with E-state index < -0.39 is 0 Å². The minimum Gasteiger partial charge on any atom is -0.497 e. The number of nitrogens with one attached hydrogen (secondary N) is 1. The summed E-state index contributed by atoms with van der Waals surface area (Å²) in [6.45, 7) is 4.60. The van der Waals surface area contributed by atoms with Crippen LogP contribution in [0.1, 0.15) is 18.4 Å². The quantitative estimate of drug-likeness (QED) is 0.789. The van der Waals surface area contributed by atoms with E-state index in [0.717, 1.165) is 44.8 Å². The molecule has 2 rings (SSSR count). The maximum atomic E-state index is 9.01. The molecule has 1 aromatic rings. The zero-order valence-electron chi connectivity index (χ0n) is 12.3. The Morgan fingerprint density at radius 3 is 3.15 bits per heavy atom. The fourth-order valence-electron chi connectivity index (χ4n) is 2.78. The number of aliphatic hydroxyl groups excluding tert-OH is 1. The standard InChI is InChI=1S/C16H26N2O2/c1-20-16-6-2-4-14(12-16)5-3-9-18-10-8-17-15(13-18)7-11-19/h2,4,6,12,15,17,19H,3,5,7-11,13H2,1H3. The van der Waals surface area contributed by atoms with Crippen LogP contribution in [0.15, 0.2) is 24.3 Å². The lowest BCUT2D eigenvalue weighted by molar-refractivity contribution is 0.172. The van der Waals surface area contributed by atoms with Crippen LogP contribution >= 0.6 is 0 Å². The summed E-state index contributed by atoms with van der Waals surface area (Å²) in [5.41, 5.74) is 1.34. The molecular weight excluding hydrogens is 252 g/mol. The topological polar surface area (TPSA) is 44.7 Å². The minimum absolute atomic E-state index is 0.273. The van der Waals surface area contributed by atoms with E-state index in [4.69, 9.17) is 9.84 Å². The van der Waals surface area contributed by atoms with Gasteiger partial charge in [-0.25, -0.2) is 0 Å². The number of rotatable bonds is 7. The zero-order valence-corrected chi connectivity index (χ0v) is 12.3. The van der Waals surface area contributed by atoms with Crippen molar-refractivity contribution >= 4 is 0 Å². The second-order valence-electron chi connectivity index (χ2n) is 5.42. The van der Waals surface area contributed by atoms with E-state index >= 15 is 0 Å². The molecule has 1 heterocycles. The highest BCUT2D eigenvalue weighted by atomic mass is 16.5. The number of hydrogen-bond acceptors (Lipinski definition) is 4. The molecule has 112 valence electrons. The average molecular weight is 278 g/mol. The van der Waals surface area contributed by atoms with Crippen LogP contribution in [0, 0.1) is 0 Å². The number of aryl methyl sites for hydroxylation is 1. The number of piperazine rings is 1. The third-order valence-corrected chi connectivity index (χ3v) is 3.89. The Hall–Kier alpha value is -1.10. The third kappa shape index (κ3) is 4.78. The van der Waals surface area contributed by atoms with E-state index in [9.17, 15) is 0 Å². The Bertz CT molecular complexity index is 396. The normalized spacial score (nSPS) is 20.0. The molecule has 4 nitrogen and oxygen atoms in total. The fraction of sp³-hybridized carbons (Fsp3) is 0.625. The van der Waals surface area contributed by atoms with Gasteiger partial charge in [0.05, 0.1) is 7.11 Å². The van der Waals surface area contributed by atoms with E-state index in [0.29, 0.717) is 6.04 Å². The molecule has 1 aliphatic heterocycles. The second-order valence-corrected chi connectivity index (χ2v) is 5.42. The maximum absolute atomic E-state index is 9.01. The number of ether oxygens (including phenoxy) is 1. The first-order valence-corrected chi connectivity index (χ1v) is 7.51. The van der Waals surface area contributed by atoms with Crippen molar-refractivity contribution in [1.29, 1.82) is 0 Å². The zero-order chi connectivity index (χ0) is 14.2. The summed E-state index contributed by atoms with van der Waals surface area (Å²) in [6, 6.07) is 8.77. The second kappa shape index (κ2) is 8.25. The van der Waals surface area contributed by atoms with Gasteiger partial charge in [0.15, 0.2) is 0 Å². The molecule has 0 aliphatic carbocycles. The van der Waals surface area contributed by atoms with E-state index in [1.807, 2.05) is 6.07 Å². The Balaban J connectivity index is 1.72. The van der Waals surface area contributed by atoms with Gasteiger partial charge in [0.25, 0.3) is 0 Å². The van der Waals surface area contributed by atoms with Crippen LogP contribution in [0.3, 0.4) is 0 Å². The molecule has 0 amide bonds. The third-order valence-electron chi connectivity index (χ3n) is 3.89. The number of hydrogen-bond donors (Lipinski definition) is 2. The van der Waals surface area contributed by atoms with Crippen LogP contribution in [0.4, 0.5) is 0 Å². The number of nitrogens with zero attached hydrogens (tertiary/aromatic N) is 1. The van der Waals surface area contributed by atoms with Gasteiger partial charge in [-0.05, 0) is 43.5 Å². The van der Waals surface area contributed by atoms with Gasteiger partial charge in [-0.2, -0.15) is 0 Å². The van der Waals surface area contributed by atoms with Crippen LogP contribution in [-0.4, -0.2) is 55.9 Å². The molecule has 0 saturated carbocycles. The molecule has 0 bridgehead atoms. The molecule has 1 atom stereocenters. The maximum Gasteiger partial charge on any atom is 0.119 e. The van der Waals surface area contributed by atoms with Gasteiger partial charge in [-0.15, -0.1) is 0 Å². The molecule has 4 heteroatoms. The number of aliphatic hydroxyl groups is 1. The molecule has 1 saturated heterocycles. The highest BCUT2D eigenvalue weighted by Gasteiger charge is 2.17. The Labute approximate surface area is 121 Å². The molecular formula is C16H26N2O2. The van der Waals surface area contributed by atoms with Crippen LogP contribution in [0.5, 0.6) is 5.75 Å². The predicted molar refractivity (Wildman–Crippen MR) is 81.2 cm³/mol. The molecule has 0 spiro atoms. The van der Waals surface area contributed by atoms with Crippen molar-refractivity contribution in [3.8, 4) is 5.75 Å². The summed E-state index contributed by atoms with van der Waals surface area (Å²) in [5, 5.41) is 12.5. The molecule has 1 aromatic carbocycles. The first kappa shape index (κ1) is 15.3. The first-order chi connectivity index (χ1) is 9.81. The highest BCUT2D eigenvalue weighted by Crippen LogP contribution is 2.14. The summed E-state index contributed by atoms with van der Waals surface area (Å²) in [4.78, 5) is 2.50. The summed E-state index contributed by atoms with van der Waals surface area (Å²) in [6.07, 6.45) is 3.11. The van der Waals surface area contributed by atoms with Crippen molar-refractivity contribution in [3.05, 3.63) is 29.8 Å². The Kier molecular flexibility index (Phi) is 6.30. The molecule has 0 radical (unpaired) electrons. The van der Waals surface area contributed by atoms with Gasteiger partial charge in [0, 0.05) is 32.3 Å². The lowest BCUT2D eigenvalue weighted by Crippen LogP contribution is -2.51. The Morgan fingerprint density at radius 1 is 1.45 bits per heavy atom. The van der Waals surface area contributed by atoms with Gasteiger partial charge >= 0.3 is 0 Å². The summed E-state index contributed by atoms with van der Waals surface area (Å²) < 4.78 is 5.25. The SMILES string of the molecule is COc1cccc(CCCN2CCNC(CCO)C2)c1. The van der Waals surface area contributed by atoms with Crippen molar-refractivity contribution < 1.29 is 9.84 Å². The van der Waals surface area contributed by atoms with Crippen LogP contribution in [0.2, 0.25) is 0 Å². The van der Waals surface area contributed by atoms with Gasteiger partial charge in [0.1, 0.15) is 5.75 Å². The van der Waals surface area contributed by atoms with E-state index in [1.165, 1.54) is 12.0 Å². The van der Waals surface area contributed by atoms with Gasteiger partial charge < -0.3 is 20.1 Å². The molecule has 2 N–H and O–H groups in total. The van der Waals surface area contributed by atoms with Crippen molar-refractivity contribution in [1.82, 2.24) is 10.2 Å². The van der Waals surface area contributed by atoms with Crippen molar-refractivity contribution in [2.24, 2.45) is 0 Å². The lowest BCUT2D eigenvalue weighted by Gasteiger charge is -2.33. The van der Waals surface area contributed by atoms with E-state index in [-0.39, 0.29) is 6.61 Å². The largest absolute Gasteiger partial charge is 0.497 e. The molecule has 1 aliphatic rings. The van der Waals surface area contributed by atoms with Gasteiger partial charge in [0.2, 0.25) is 0 Å². The summed E-state index contributed by atoms with van der Waals surface area (Å²) in [7, 11) is 1.71. The fourth-order valence-corrected chi connectivity index (χ4v) is 2.78. The van der Waals surface area contributed by atoms with Gasteiger partial charge in [-0.3, -0.25) is 0 Å². The van der Waals surface area contributed by atoms with Crippen molar-refractivity contribution in [2.75, 3.05) is 39.9 Å². The van der Waals surface area contributed by atoms with Crippen molar-refractivity contribution in [3.63, 3.8) is 0 Å². The van der Waals surface area contributed by atoms with Crippen LogP contribution < -0.4 is 10.1 Å². The molecule has 1 unspecified atom stereocenters. The Morgan fingerprint density at radius 2 is 2.35 bits per heavy atom. The van der Waals surface area contributed by atoms with Crippen LogP contribution in [-0.2, 0) is 6.42 Å². The number of methoxy groups -OCH3 is 1. The van der Waals surface area contributed by atoms with E-state index in [1.54, 1.807) is 7.11 Å². The van der Waals surface area contributed by atoms with E-state index in [2.05, 4.69) is 28.4 Å². The minimum atomic E-state index is 0.273. The summed E-state index contributed by atoms with van der Waals surface area (Å²) in [5.74, 6) is 0.938. The van der Waals surface area contributed by atoms with Gasteiger partial charge in [-0.1, -0.05) is 12.1 Å².